The van der Waals surface area contributed by atoms with E-state index in [-0.39, 0.29) is 0 Å². The Bertz CT molecular complexity index is 1000. The molecule has 3 heterocycles. The molecule has 0 unspecified atom stereocenters. The van der Waals surface area contributed by atoms with Crippen molar-refractivity contribution in [2.45, 2.75) is 10.9 Å². The molecule has 0 spiro atoms. The third kappa shape index (κ3) is 3.32. The molecule has 0 N–H and O–H groups in total. The van der Waals surface area contributed by atoms with Crippen LogP contribution in [0.3, 0.4) is 0 Å². The first-order valence-corrected chi connectivity index (χ1v) is 8.70. The number of fused-ring (bicyclic) bond motifs is 1. The highest BCUT2D eigenvalue weighted by Crippen LogP contribution is 2.25. The first-order valence-electron chi connectivity index (χ1n) is 7.72. The monoisotopic (exact) mass is 349 g/mol. The Hall–Kier alpha value is -2.93. The van der Waals surface area contributed by atoms with E-state index in [0.717, 1.165) is 39.1 Å². The average molecular weight is 349 g/mol. The van der Waals surface area contributed by atoms with Crippen LogP contribution in [0.1, 0.15) is 5.56 Å². The van der Waals surface area contributed by atoms with Crippen LogP contribution in [0.5, 0.6) is 5.75 Å². The molecule has 4 aromatic rings. The lowest BCUT2D eigenvalue weighted by atomic mass is 10.1. The maximum atomic E-state index is 5.29. The van der Waals surface area contributed by atoms with Crippen LogP contribution in [0, 0.1) is 0 Å². The Balaban J connectivity index is 1.65. The second-order valence-electron chi connectivity index (χ2n) is 5.35. The highest BCUT2D eigenvalue weighted by Gasteiger charge is 2.10. The highest BCUT2D eigenvalue weighted by molar-refractivity contribution is 7.98. The molecule has 7 heteroatoms. The van der Waals surface area contributed by atoms with Crippen molar-refractivity contribution >= 4 is 17.4 Å². The first kappa shape index (κ1) is 15.6. The third-order valence-electron chi connectivity index (χ3n) is 3.69. The lowest BCUT2D eigenvalue weighted by Crippen LogP contribution is -1.97. The topological polar surface area (TPSA) is 65.2 Å². The summed E-state index contributed by atoms with van der Waals surface area (Å²) in [7, 11) is 1.66. The van der Waals surface area contributed by atoms with Crippen molar-refractivity contribution in [1.82, 2.24) is 24.8 Å². The fourth-order valence-electron chi connectivity index (χ4n) is 2.43. The molecular weight excluding hydrogens is 334 g/mol. The molecule has 4 rings (SSSR count). The van der Waals surface area contributed by atoms with E-state index in [9.17, 15) is 0 Å². The molecule has 0 aliphatic heterocycles. The van der Waals surface area contributed by atoms with Gasteiger partial charge in [0.15, 0.2) is 5.65 Å². The standard InChI is InChI=1S/C18H15N5OS/c1-24-15-6-2-5-14(10-15)16-7-8-17-20-21-18(23(17)22-16)25-12-13-4-3-9-19-11-13/h2-11H,12H2,1H3. The van der Waals surface area contributed by atoms with Crippen LogP contribution in [-0.2, 0) is 5.75 Å². The van der Waals surface area contributed by atoms with Crippen LogP contribution in [0.4, 0.5) is 0 Å². The number of hydrogen-bond donors (Lipinski definition) is 0. The van der Waals surface area contributed by atoms with Crippen LogP contribution in [0.15, 0.2) is 66.1 Å². The van der Waals surface area contributed by atoms with Crippen molar-refractivity contribution < 1.29 is 4.74 Å². The molecule has 0 fully saturated rings. The normalized spacial score (nSPS) is 10.9. The maximum Gasteiger partial charge on any atom is 0.212 e. The predicted octanol–water partition coefficient (Wildman–Crippen LogP) is 3.49. The van der Waals surface area contributed by atoms with Gasteiger partial charge in [-0.15, -0.1) is 10.2 Å². The summed E-state index contributed by atoms with van der Waals surface area (Å²) in [5.41, 5.74) is 3.68. The number of thioether (sulfide) groups is 1. The van der Waals surface area contributed by atoms with E-state index in [0.29, 0.717) is 0 Å². The number of rotatable bonds is 5. The van der Waals surface area contributed by atoms with E-state index >= 15 is 0 Å². The Labute approximate surface area is 148 Å². The van der Waals surface area contributed by atoms with Gasteiger partial charge in [0.2, 0.25) is 5.16 Å². The van der Waals surface area contributed by atoms with Crippen LogP contribution in [-0.4, -0.2) is 31.9 Å². The van der Waals surface area contributed by atoms with Crippen LogP contribution < -0.4 is 4.74 Å². The molecule has 124 valence electrons. The van der Waals surface area contributed by atoms with Gasteiger partial charge in [-0.05, 0) is 35.9 Å². The van der Waals surface area contributed by atoms with E-state index in [1.165, 1.54) is 0 Å². The van der Waals surface area contributed by atoms with E-state index in [1.54, 1.807) is 29.6 Å². The number of nitrogens with zero attached hydrogens (tertiary/aromatic N) is 5. The van der Waals surface area contributed by atoms with Crippen molar-refractivity contribution in [3.8, 4) is 17.0 Å². The minimum atomic E-state index is 0.723. The van der Waals surface area contributed by atoms with E-state index in [4.69, 9.17) is 9.84 Å². The molecule has 0 amide bonds. The molecule has 0 aliphatic carbocycles. The fraction of sp³-hybridized carbons (Fsp3) is 0.111. The minimum Gasteiger partial charge on any atom is -0.497 e. The van der Waals surface area contributed by atoms with Gasteiger partial charge in [0.25, 0.3) is 0 Å². The Kier molecular flexibility index (Phi) is 4.30. The largest absolute Gasteiger partial charge is 0.497 e. The van der Waals surface area contributed by atoms with E-state index in [1.807, 2.05) is 54.7 Å². The smallest absolute Gasteiger partial charge is 0.212 e. The Morgan fingerprint density at radius 1 is 1.08 bits per heavy atom. The van der Waals surface area contributed by atoms with E-state index in [2.05, 4.69) is 15.2 Å². The van der Waals surface area contributed by atoms with Crippen molar-refractivity contribution in [3.05, 3.63) is 66.5 Å². The summed E-state index contributed by atoms with van der Waals surface area (Å²) in [5.74, 6) is 1.56. The van der Waals surface area contributed by atoms with Gasteiger partial charge in [0.1, 0.15) is 5.75 Å². The molecule has 0 radical (unpaired) electrons. The summed E-state index contributed by atoms with van der Waals surface area (Å²) in [6.07, 6.45) is 3.62. The molecule has 1 aromatic carbocycles. The molecule has 0 aliphatic rings. The maximum absolute atomic E-state index is 5.29. The zero-order valence-corrected chi connectivity index (χ0v) is 14.3. The second-order valence-corrected chi connectivity index (χ2v) is 6.30. The van der Waals surface area contributed by atoms with Gasteiger partial charge >= 0.3 is 0 Å². The van der Waals surface area contributed by atoms with Crippen molar-refractivity contribution in [3.63, 3.8) is 0 Å². The zero-order chi connectivity index (χ0) is 17.1. The lowest BCUT2D eigenvalue weighted by Gasteiger charge is -2.05. The molecule has 0 atom stereocenters. The van der Waals surface area contributed by atoms with Crippen LogP contribution in [0.2, 0.25) is 0 Å². The molecule has 6 nitrogen and oxygen atoms in total. The number of ether oxygens (including phenoxy) is 1. The average Bonchev–Trinajstić information content (AvgIpc) is 3.09. The van der Waals surface area contributed by atoms with Gasteiger partial charge in [-0.2, -0.15) is 9.61 Å². The number of hydrogen-bond acceptors (Lipinski definition) is 6. The van der Waals surface area contributed by atoms with Gasteiger partial charge in [-0.25, -0.2) is 0 Å². The molecule has 3 aromatic heterocycles. The summed E-state index contributed by atoms with van der Waals surface area (Å²) in [4.78, 5) is 4.13. The second kappa shape index (κ2) is 6.90. The summed E-state index contributed by atoms with van der Waals surface area (Å²) >= 11 is 1.58. The van der Waals surface area contributed by atoms with Gasteiger partial charge in [-0.3, -0.25) is 4.98 Å². The first-order chi connectivity index (χ1) is 12.3. The third-order valence-corrected chi connectivity index (χ3v) is 4.68. The summed E-state index contributed by atoms with van der Waals surface area (Å²) < 4.78 is 7.06. The van der Waals surface area contributed by atoms with Gasteiger partial charge in [0.05, 0.1) is 12.8 Å². The fourth-order valence-corrected chi connectivity index (χ4v) is 3.25. The minimum absolute atomic E-state index is 0.723. The molecule has 0 saturated heterocycles. The number of aromatic nitrogens is 5. The van der Waals surface area contributed by atoms with E-state index < -0.39 is 0 Å². The molecule has 0 bridgehead atoms. The number of pyridine rings is 1. The number of benzene rings is 1. The SMILES string of the molecule is COc1cccc(-c2ccc3nnc(SCc4cccnc4)n3n2)c1. The van der Waals surface area contributed by atoms with Crippen molar-refractivity contribution in [2.75, 3.05) is 7.11 Å². The van der Waals surface area contributed by atoms with Crippen molar-refractivity contribution in [1.29, 1.82) is 0 Å². The predicted molar refractivity (Wildman–Crippen MR) is 96.6 cm³/mol. The molecule has 25 heavy (non-hydrogen) atoms. The summed E-state index contributed by atoms with van der Waals surface area (Å²) in [5, 5.41) is 13.9. The zero-order valence-electron chi connectivity index (χ0n) is 13.5. The Morgan fingerprint density at radius 2 is 2.04 bits per heavy atom. The number of methoxy groups -OCH3 is 1. The lowest BCUT2D eigenvalue weighted by molar-refractivity contribution is 0.415. The highest BCUT2D eigenvalue weighted by atomic mass is 32.2. The summed E-state index contributed by atoms with van der Waals surface area (Å²) in [6.45, 7) is 0. The van der Waals surface area contributed by atoms with Crippen LogP contribution >= 0.6 is 11.8 Å². The molecular formula is C18H15N5OS. The summed E-state index contributed by atoms with van der Waals surface area (Å²) in [6, 6.07) is 15.7. The van der Waals surface area contributed by atoms with Gasteiger partial charge in [-0.1, -0.05) is 30.0 Å². The quantitative estimate of drug-likeness (QED) is 0.514. The van der Waals surface area contributed by atoms with Crippen molar-refractivity contribution in [2.24, 2.45) is 0 Å². The Morgan fingerprint density at radius 3 is 2.88 bits per heavy atom. The van der Waals surface area contributed by atoms with Gasteiger partial charge < -0.3 is 4.74 Å². The van der Waals surface area contributed by atoms with Gasteiger partial charge in [0, 0.05) is 23.7 Å². The van der Waals surface area contributed by atoms with Crippen LogP contribution in [0.25, 0.3) is 16.9 Å². The molecule has 0 saturated carbocycles.